The second-order valence-corrected chi connectivity index (χ2v) is 5.86. The zero-order chi connectivity index (χ0) is 18.0. The molecule has 128 valence electrons. The van der Waals surface area contributed by atoms with E-state index in [1.54, 1.807) is 49.4 Å². The molecule has 7 heteroatoms. The smallest absolute Gasteiger partial charge is 0.345 e. The highest BCUT2D eigenvalue weighted by atomic mass is 35.5. The van der Waals surface area contributed by atoms with Crippen LogP contribution in [0.2, 0.25) is 5.02 Å². The van der Waals surface area contributed by atoms with E-state index in [1.165, 1.54) is 0 Å². The van der Waals surface area contributed by atoms with Gasteiger partial charge in [-0.3, -0.25) is 9.59 Å². The lowest BCUT2D eigenvalue weighted by Gasteiger charge is -2.14. The van der Waals surface area contributed by atoms with E-state index in [1.807, 2.05) is 0 Å². The van der Waals surface area contributed by atoms with Crippen molar-refractivity contribution in [2.24, 2.45) is 0 Å². The summed E-state index contributed by atoms with van der Waals surface area (Å²) in [6.45, 7) is 1.01. The lowest BCUT2D eigenvalue weighted by molar-refractivity contribution is -0.148. The van der Waals surface area contributed by atoms with Gasteiger partial charge in [0.25, 0.3) is 11.8 Å². The van der Waals surface area contributed by atoms with E-state index in [0.29, 0.717) is 21.9 Å². The monoisotopic (exact) mass is 359 g/mol. The van der Waals surface area contributed by atoms with Gasteiger partial charge in [0.15, 0.2) is 13.3 Å². The Hall–Kier alpha value is -2.86. The summed E-state index contributed by atoms with van der Waals surface area (Å²) in [5.41, 5.74) is 1.38. The second-order valence-electron chi connectivity index (χ2n) is 5.43. The standard InChI is InChI=1S/C18H14ClNO5/c1-11-8-12(19)6-7-15(11)24-9-16(21)25-10-20-17(22)13-4-2-3-5-14(13)18(20)23/h2-8H,9-10H2,1H3. The zero-order valence-corrected chi connectivity index (χ0v) is 14.1. The number of halogens is 1. The van der Waals surface area contributed by atoms with Crippen LogP contribution in [0.25, 0.3) is 0 Å². The molecule has 0 unspecified atom stereocenters. The van der Waals surface area contributed by atoms with Crippen LogP contribution in [-0.2, 0) is 9.53 Å². The minimum Gasteiger partial charge on any atom is -0.482 e. The summed E-state index contributed by atoms with van der Waals surface area (Å²) >= 11 is 5.85. The van der Waals surface area contributed by atoms with Crippen LogP contribution in [0.4, 0.5) is 0 Å². The maximum atomic E-state index is 12.1. The topological polar surface area (TPSA) is 72.9 Å². The van der Waals surface area contributed by atoms with Gasteiger partial charge in [-0.15, -0.1) is 0 Å². The van der Waals surface area contributed by atoms with Crippen molar-refractivity contribution in [3.63, 3.8) is 0 Å². The number of aryl methyl sites for hydroxylation is 1. The van der Waals surface area contributed by atoms with Gasteiger partial charge < -0.3 is 9.47 Å². The number of ether oxygens (including phenoxy) is 2. The summed E-state index contributed by atoms with van der Waals surface area (Å²) in [6, 6.07) is 11.5. The Kier molecular flexibility index (Phi) is 4.72. The minimum atomic E-state index is -0.689. The van der Waals surface area contributed by atoms with Gasteiger partial charge in [0.05, 0.1) is 11.1 Å². The molecule has 1 aliphatic heterocycles. The predicted octanol–water partition coefficient (Wildman–Crippen LogP) is 2.82. The molecule has 0 fully saturated rings. The van der Waals surface area contributed by atoms with Crippen molar-refractivity contribution in [1.29, 1.82) is 0 Å². The van der Waals surface area contributed by atoms with Crippen molar-refractivity contribution in [2.75, 3.05) is 13.3 Å². The molecule has 0 saturated carbocycles. The molecule has 2 aromatic rings. The lowest BCUT2D eigenvalue weighted by Crippen LogP contribution is -2.34. The fourth-order valence-electron chi connectivity index (χ4n) is 2.45. The van der Waals surface area contributed by atoms with Crippen LogP contribution in [-0.4, -0.2) is 36.0 Å². The molecule has 0 radical (unpaired) electrons. The van der Waals surface area contributed by atoms with Crippen LogP contribution in [0, 0.1) is 6.92 Å². The highest BCUT2D eigenvalue weighted by molar-refractivity contribution is 6.30. The molecule has 3 rings (SSSR count). The molecule has 0 atom stereocenters. The van der Waals surface area contributed by atoms with Crippen LogP contribution in [0.1, 0.15) is 26.3 Å². The lowest BCUT2D eigenvalue weighted by atomic mass is 10.1. The molecule has 0 aromatic heterocycles. The first-order valence-electron chi connectivity index (χ1n) is 7.47. The molecule has 0 saturated heterocycles. The van der Waals surface area contributed by atoms with Crippen LogP contribution in [0.15, 0.2) is 42.5 Å². The molecule has 6 nitrogen and oxygen atoms in total. The van der Waals surface area contributed by atoms with Crippen molar-refractivity contribution >= 4 is 29.4 Å². The van der Waals surface area contributed by atoms with Gasteiger partial charge >= 0.3 is 5.97 Å². The molecular formula is C18H14ClNO5. The first-order valence-corrected chi connectivity index (χ1v) is 7.85. The predicted molar refractivity (Wildman–Crippen MR) is 89.6 cm³/mol. The van der Waals surface area contributed by atoms with Crippen LogP contribution in [0.3, 0.4) is 0 Å². The summed E-state index contributed by atoms with van der Waals surface area (Å²) in [5.74, 6) is -1.15. The van der Waals surface area contributed by atoms with Crippen molar-refractivity contribution in [2.45, 2.75) is 6.92 Å². The Morgan fingerprint density at radius 2 is 1.72 bits per heavy atom. The van der Waals surface area contributed by atoms with E-state index in [9.17, 15) is 14.4 Å². The maximum Gasteiger partial charge on any atom is 0.345 e. The number of rotatable bonds is 5. The highest BCUT2D eigenvalue weighted by Gasteiger charge is 2.35. The molecule has 0 bridgehead atoms. The Balaban J connectivity index is 1.55. The normalized spacial score (nSPS) is 13.0. The molecule has 2 amide bonds. The third-order valence-electron chi connectivity index (χ3n) is 3.72. The molecule has 0 N–H and O–H groups in total. The largest absolute Gasteiger partial charge is 0.482 e. The average molecular weight is 360 g/mol. The number of hydrogen-bond donors (Lipinski definition) is 0. The van der Waals surface area contributed by atoms with Crippen LogP contribution >= 0.6 is 11.6 Å². The second kappa shape index (κ2) is 6.94. The number of hydrogen-bond acceptors (Lipinski definition) is 5. The first-order chi connectivity index (χ1) is 12.0. The number of esters is 1. The molecule has 1 heterocycles. The summed E-state index contributed by atoms with van der Waals surface area (Å²) in [5, 5.41) is 0.568. The van der Waals surface area contributed by atoms with Gasteiger partial charge in [0.1, 0.15) is 5.75 Å². The third kappa shape index (κ3) is 3.49. The average Bonchev–Trinajstić information content (AvgIpc) is 2.84. The number of amides is 2. The zero-order valence-electron chi connectivity index (χ0n) is 13.3. The number of carbonyl (C=O) groups is 3. The summed E-state index contributed by atoms with van der Waals surface area (Å²) < 4.78 is 10.3. The van der Waals surface area contributed by atoms with Crippen molar-refractivity contribution < 1.29 is 23.9 Å². The van der Waals surface area contributed by atoms with Gasteiger partial charge in [-0.25, -0.2) is 9.69 Å². The molecule has 2 aromatic carbocycles. The number of nitrogens with zero attached hydrogens (tertiary/aromatic N) is 1. The summed E-state index contributed by atoms with van der Waals surface area (Å²) in [4.78, 5) is 37.0. The van der Waals surface area contributed by atoms with E-state index in [2.05, 4.69) is 0 Å². The van der Waals surface area contributed by atoms with E-state index in [-0.39, 0.29) is 6.61 Å². The Bertz CT molecular complexity index is 829. The van der Waals surface area contributed by atoms with Gasteiger partial charge in [0.2, 0.25) is 0 Å². The van der Waals surface area contributed by atoms with Gasteiger partial charge in [-0.1, -0.05) is 23.7 Å². The minimum absolute atomic E-state index is 0.302. The van der Waals surface area contributed by atoms with E-state index >= 15 is 0 Å². The third-order valence-corrected chi connectivity index (χ3v) is 3.95. The fourth-order valence-corrected chi connectivity index (χ4v) is 2.67. The molecule has 0 spiro atoms. The van der Waals surface area contributed by atoms with Gasteiger partial charge in [-0.05, 0) is 42.8 Å². The quantitative estimate of drug-likeness (QED) is 0.606. The number of carbonyl (C=O) groups excluding carboxylic acids is 3. The Labute approximate surface area is 148 Å². The van der Waals surface area contributed by atoms with Gasteiger partial charge in [0, 0.05) is 5.02 Å². The Morgan fingerprint density at radius 1 is 1.08 bits per heavy atom. The Morgan fingerprint density at radius 3 is 2.32 bits per heavy atom. The van der Waals surface area contributed by atoms with E-state index < -0.39 is 24.5 Å². The molecule has 1 aliphatic rings. The number of benzene rings is 2. The molecule has 0 aliphatic carbocycles. The van der Waals surface area contributed by atoms with Gasteiger partial charge in [-0.2, -0.15) is 0 Å². The van der Waals surface area contributed by atoms with Crippen LogP contribution in [0.5, 0.6) is 5.75 Å². The number of fused-ring (bicyclic) bond motifs is 1. The maximum absolute atomic E-state index is 12.1. The first kappa shape index (κ1) is 17.0. The van der Waals surface area contributed by atoms with E-state index in [0.717, 1.165) is 10.5 Å². The molecular weight excluding hydrogens is 346 g/mol. The number of imide groups is 1. The van der Waals surface area contributed by atoms with Crippen LogP contribution < -0.4 is 4.74 Å². The highest BCUT2D eigenvalue weighted by Crippen LogP contribution is 2.23. The van der Waals surface area contributed by atoms with Crippen molar-refractivity contribution in [3.8, 4) is 5.75 Å². The van der Waals surface area contributed by atoms with Crippen molar-refractivity contribution in [1.82, 2.24) is 4.90 Å². The SMILES string of the molecule is Cc1cc(Cl)ccc1OCC(=O)OCN1C(=O)c2ccccc2C1=O. The fraction of sp³-hybridized carbons (Fsp3) is 0.167. The van der Waals surface area contributed by atoms with Crippen molar-refractivity contribution in [3.05, 3.63) is 64.2 Å². The summed E-state index contributed by atoms with van der Waals surface area (Å²) in [6.07, 6.45) is 0. The summed E-state index contributed by atoms with van der Waals surface area (Å²) in [7, 11) is 0. The molecule has 25 heavy (non-hydrogen) atoms. The van der Waals surface area contributed by atoms with E-state index in [4.69, 9.17) is 21.1 Å².